The zero-order chi connectivity index (χ0) is 17.8. The van der Waals surface area contributed by atoms with Gasteiger partial charge >= 0.3 is 0 Å². The summed E-state index contributed by atoms with van der Waals surface area (Å²) in [6.45, 7) is 10.8. The zero-order valence-corrected chi connectivity index (χ0v) is 15.2. The average molecular weight is 338 g/mol. The summed E-state index contributed by atoms with van der Waals surface area (Å²) in [5, 5.41) is 3.36. The lowest BCUT2D eigenvalue weighted by atomic mass is 10.1. The highest BCUT2D eigenvalue weighted by Crippen LogP contribution is 2.20. The maximum Gasteiger partial charge on any atom is 0.255 e. The van der Waals surface area contributed by atoms with Crippen LogP contribution in [0.1, 0.15) is 28.4 Å². The van der Waals surface area contributed by atoms with Gasteiger partial charge in [0.05, 0.1) is 17.4 Å². The first-order chi connectivity index (χ1) is 12.0. The van der Waals surface area contributed by atoms with Crippen LogP contribution >= 0.6 is 0 Å². The monoisotopic (exact) mass is 338 g/mol. The summed E-state index contributed by atoms with van der Waals surface area (Å²) in [6, 6.07) is 8.20. The van der Waals surface area contributed by atoms with E-state index in [1.807, 2.05) is 11.0 Å². The van der Waals surface area contributed by atoms with Crippen molar-refractivity contribution in [3.8, 4) is 0 Å². The standard InChI is InChI=1S/C20H26N4O/c1-4-23-5-7-24(8-6-23)20(25)17-12-19(14-21-13-17)22-18-10-15(2)9-16(3)11-18/h9-14,22H,4-8H2,1-3H3. The van der Waals surface area contributed by atoms with Gasteiger partial charge in [0.15, 0.2) is 0 Å². The van der Waals surface area contributed by atoms with E-state index < -0.39 is 0 Å². The van der Waals surface area contributed by atoms with Crippen LogP contribution in [0.3, 0.4) is 0 Å². The predicted octanol–water partition coefficient (Wildman–Crippen LogP) is 3.22. The normalized spacial score (nSPS) is 15.2. The number of rotatable bonds is 4. The van der Waals surface area contributed by atoms with Crippen molar-refractivity contribution in [1.82, 2.24) is 14.8 Å². The van der Waals surface area contributed by atoms with Crippen LogP contribution < -0.4 is 5.32 Å². The Bertz CT molecular complexity index is 731. The molecule has 132 valence electrons. The summed E-state index contributed by atoms with van der Waals surface area (Å²) in [5.41, 5.74) is 4.90. The number of amides is 1. The molecule has 1 saturated heterocycles. The molecule has 0 unspecified atom stereocenters. The van der Waals surface area contributed by atoms with Crippen molar-refractivity contribution < 1.29 is 4.79 Å². The predicted molar refractivity (Wildman–Crippen MR) is 101 cm³/mol. The van der Waals surface area contributed by atoms with Crippen molar-refractivity contribution in [3.05, 3.63) is 53.3 Å². The van der Waals surface area contributed by atoms with Crippen LogP contribution in [0.25, 0.3) is 0 Å². The number of anilines is 2. The molecule has 1 aromatic heterocycles. The van der Waals surface area contributed by atoms with Crippen molar-refractivity contribution >= 4 is 17.3 Å². The van der Waals surface area contributed by atoms with E-state index in [0.717, 1.165) is 44.1 Å². The molecule has 0 atom stereocenters. The van der Waals surface area contributed by atoms with Crippen LogP contribution in [0.4, 0.5) is 11.4 Å². The number of pyridine rings is 1. The minimum atomic E-state index is 0.0623. The van der Waals surface area contributed by atoms with Gasteiger partial charge in [0.1, 0.15) is 0 Å². The Morgan fingerprint density at radius 2 is 1.68 bits per heavy atom. The quantitative estimate of drug-likeness (QED) is 0.930. The topological polar surface area (TPSA) is 48.5 Å². The minimum Gasteiger partial charge on any atom is -0.354 e. The summed E-state index contributed by atoms with van der Waals surface area (Å²) in [5.74, 6) is 0.0623. The molecule has 0 spiro atoms. The van der Waals surface area contributed by atoms with Crippen molar-refractivity contribution in [2.75, 3.05) is 38.0 Å². The number of hydrogen-bond acceptors (Lipinski definition) is 4. The summed E-state index contributed by atoms with van der Waals surface area (Å²) < 4.78 is 0. The number of likely N-dealkylation sites (N-methyl/N-ethyl adjacent to an activating group) is 1. The molecule has 1 aromatic carbocycles. The van der Waals surface area contributed by atoms with E-state index in [4.69, 9.17) is 0 Å². The number of benzene rings is 1. The molecule has 0 bridgehead atoms. The minimum absolute atomic E-state index is 0.0623. The highest BCUT2D eigenvalue weighted by molar-refractivity contribution is 5.95. The molecule has 0 radical (unpaired) electrons. The largest absolute Gasteiger partial charge is 0.354 e. The van der Waals surface area contributed by atoms with Crippen LogP contribution in [0, 0.1) is 13.8 Å². The number of aromatic nitrogens is 1. The molecule has 1 amide bonds. The van der Waals surface area contributed by atoms with E-state index in [-0.39, 0.29) is 5.91 Å². The summed E-state index contributed by atoms with van der Waals surface area (Å²) in [6.07, 6.45) is 3.41. The second-order valence-electron chi connectivity index (χ2n) is 6.69. The van der Waals surface area contributed by atoms with Gasteiger partial charge in [-0.25, -0.2) is 0 Å². The van der Waals surface area contributed by atoms with Gasteiger partial charge in [-0.05, 0) is 49.7 Å². The van der Waals surface area contributed by atoms with E-state index in [0.29, 0.717) is 5.56 Å². The lowest BCUT2D eigenvalue weighted by Gasteiger charge is -2.34. The highest BCUT2D eigenvalue weighted by atomic mass is 16.2. The third-order valence-corrected chi connectivity index (χ3v) is 4.60. The Balaban J connectivity index is 1.71. The third kappa shape index (κ3) is 4.37. The molecule has 0 aliphatic carbocycles. The first-order valence-electron chi connectivity index (χ1n) is 8.87. The van der Waals surface area contributed by atoms with Crippen LogP contribution in [0.5, 0.6) is 0 Å². The fourth-order valence-corrected chi connectivity index (χ4v) is 3.29. The van der Waals surface area contributed by atoms with Crippen molar-refractivity contribution in [1.29, 1.82) is 0 Å². The van der Waals surface area contributed by atoms with E-state index in [2.05, 4.69) is 54.2 Å². The van der Waals surface area contributed by atoms with Gasteiger partial charge in [0.25, 0.3) is 5.91 Å². The SMILES string of the molecule is CCN1CCN(C(=O)c2cncc(Nc3cc(C)cc(C)c3)c2)CC1. The molecule has 2 aromatic rings. The summed E-state index contributed by atoms with van der Waals surface area (Å²) >= 11 is 0. The van der Waals surface area contributed by atoms with Gasteiger partial charge < -0.3 is 15.1 Å². The lowest BCUT2D eigenvalue weighted by molar-refractivity contribution is 0.0643. The van der Waals surface area contributed by atoms with E-state index in [9.17, 15) is 4.79 Å². The van der Waals surface area contributed by atoms with E-state index in [1.165, 1.54) is 11.1 Å². The highest BCUT2D eigenvalue weighted by Gasteiger charge is 2.21. The zero-order valence-electron chi connectivity index (χ0n) is 15.2. The molecule has 1 aliphatic heterocycles. The van der Waals surface area contributed by atoms with Crippen LogP contribution in [-0.2, 0) is 0 Å². The Labute approximate surface area is 149 Å². The maximum atomic E-state index is 12.7. The number of nitrogens with zero attached hydrogens (tertiary/aromatic N) is 3. The Hall–Kier alpha value is -2.40. The molecule has 0 saturated carbocycles. The summed E-state index contributed by atoms with van der Waals surface area (Å²) in [7, 11) is 0. The van der Waals surface area contributed by atoms with Crippen LogP contribution in [0.2, 0.25) is 0 Å². The van der Waals surface area contributed by atoms with Crippen molar-refractivity contribution in [3.63, 3.8) is 0 Å². The smallest absolute Gasteiger partial charge is 0.255 e. The molecule has 2 heterocycles. The molecule has 25 heavy (non-hydrogen) atoms. The van der Waals surface area contributed by atoms with Gasteiger partial charge in [-0.15, -0.1) is 0 Å². The second kappa shape index (κ2) is 7.66. The number of piperazine rings is 1. The average Bonchev–Trinajstić information content (AvgIpc) is 2.60. The van der Waals surface area contributed by atoms with Gasteiger partial charge in [0, 0.05) is 38.1 Å². The third-order valence-electron chi connectivity index (χ3n) is 4.60. The van der Waals surface area contributed by atoms with Gasteiger partial charge in [-0.1, -0.05) is 13.0 Å². The molecular formula is C20H26N4O. The molecule has 5 nitrogen and oxygen atoms in total. The van der Waals surface area contributed by atoms with Crippen molar-refractivity contribution in [2.24, 2.45) is 0 Å². The van der Waals surface area contributed by atoms with Gasteiger partial charge in [-0.3, -0.25) is 9.78 Å². The molecule has 1 aliphatic rings. The van der Waals surface area contributed by atoms with Crippen LogP contribution in [-0.4, -0.2) is 53.4 Å². The number of nitrogens with one attached hydrogen (secondary N) is 1. The van der Waals surface area contributed by atoms with Gasteiger partial charge in [-0.2, -0.15) is 0 Å². The second-order valence-corrected chi connectivity index (χ2v) is 6.69. The Morgan fingerprint density at radius 1 is 1.00 bits per heavy atom. The van der Waals surface area contributed by atoms with E-state index >= 15 is 0 Å². The maximum absolute atomic E-state index is 12.7. The number of hydrogen-bond donors (Lipinski definition) is 1. The summed E-state index contributed by atoms with van der Waals surface area (Å²) in [4.78, 5) is 21.3. The van der Waals surface area contributed by atoms with Crippen LogP contribution in [0.15, 0.2) is 36.7 Å². The first kappa shape index (κ1) is 17.4. The molecule has 3 rings (SSSR count). The number of carbonyl (C=O) groups excluding carboxylic acids is 1. The fourth-order valence-electron chi connectivity index (χ4n) is 3.29. The lowest BCUT2D eigenvalue weighted by Crippen LogP contribution is -2.48. The molecule has 1 N–H and O–H groups in total. The Kier molecular flexibility index (Phi) is 5.34. The first-order valence-corrected chi connectivity index (χ1v) is 8.87. The molecule has 1 fully saturated rings. The number of aryl methyl sites for hydroxylation is 2. The molecular weight excluding hydrogens is 312 g/mol. The number of carbonyl (C=O) groups is 1. The van der Waals surface area contributed by atoms with E-state index in [1.54, 1.807) is 12.4 Å². The van der Waals surface area contributed by atoms with Crippen molar-refractivity contribution in [2.45, 2.75) is 20.8 Å². The molecule has 5 heteroatoms. The fraction of sp³-hybridized carbons (Fsp3) is 0.400. The van der Waals surface area contributed by atoms with Gasteiger partial charge in [0.2, 0.25) is 0 Å². The Morgan fingerprint density at radius 3 is 2.32 bits per heavy atom.